The van der Waals surface area contributed by atoms with Gasteiger partial charge in [-0.15, -0.1) is 0 Å². The highest BCUT2D eigenvalue weighted by Gasteiger charge is 2.08. The molecule has 2 aromatic rings. The summed E-state index contributed by atoms with van der Waals surface area (Å²) in [6.07, 6.45) is 2.60. The Balaban J connectivity index is 2.59. The Morgan fingerprint density at radius 3 is 2.94 bits per heavy atom. The third-order valence-electron chi connectivity index (χ3n) is 2.64. The number of methoxy groups -OCH3 is 1. The minimum atomic E-state index is 0.475. The second kappa shape index (κ2) is 5.10. The molecule has 0 radical (unpaired) electrons. The van der Waals surface area contributed by atoms with Gasteiger partial charge in [0, 0.05) is 5.56 Å². The standard InChI is InChI=1S/C13H14N2OS/c1-3-9-5-4-6-10(7-9)11-12(16-2)13(17)15-8-14-11/h4-8H,3H2,1-2H3,(H,14,15,17). The summed E-state index contributed by atoms with van der Waals surface area (Å²) in [4.78, 5) is 7.11. The molecule has 17 heavy (non-hydrogen) atoms. The Morgan fingerprint density at radius 1 is 1.41 bits per heavy atom. The van der Waals surface area contributed by atoms with Crippen LogP contribution in [0.3, 0.4) is 0 Å². The van der Waals surface area contributed by atoms with Crippen LogP contribution in [0.1, 0.15) is 12.5 Å². The second-order valence-corrected chi connectivity index (χ2v) is 4.06. The van der Waals surface area contributed by atoms with Crippen molar-refractivity contribution >= 4 is 12.2 Å². The summed E-state index contributed by atoms with van der Waals surface area (Å²) in [7, 11) is 1.60. The van der Waals surface area contributed by atoms with E-state index in [4.69, 9.17) is 17.0 Å². The molecule has 0 amide bonds. The highest BCUT2D eigenvalue weighted by Crippen LogP contribution is 2.28. The van der Waals surface area contributed by atoms with Gasteiger partial charge in [0.2, 0.25) is 0 Å². The molecule has 0 saturated carbocycles. The van der Waals surface area contributed by atoms with Crippen molar-refractivity contribution in [3.63, 3.8) is 0 Å². The third-order valence-corrected chi connectivity index (χ3v) is 2.93. The average Bonchev–Trinajstić information content (AvgIpc) is 2.38. The van der Waals surface area contributed by atoms with E-state index < -0.39 is 0 Å². The maximum atomic E-state index is 5.31. The normalized spacial score (nSPS) is 10.2. The number of aromatic amines is 1. The van der Waals surface area contributed by atoms with Crippen LogP contribution in [0.5, 0.6) is 5.75 Å². The lowest BCUT2D eigenvalue weighted by molar-refractivity contribution is 0.411. The minimum Gasteiger partial charge on any atom is -0.491 e. The van der Waals surface area contributed by atoms with E-state index in [2.05, 4.69) is 29.0 Å². The summed E-state index contributed by atoms with van der Waals surface area (Å²) < 4.78 is 5.78. The Labute approximate surface area is 105 Å². The molecule has 0 atom stereocenters. The summed E-state index contributed by atoms with van der Waals surface area (Å²) in [5.41, 5.74) is 3.22. The summed E-state index contributed by atoms with van der Waals surface area (Å²) in [6.45, 7) is 2.13. The number of nitrogens with one attached hydrogen (secondary N) is 1. The van der Waals surface area contributed by atoms with Crippen LogP contribution in [0.4, 0.5) is 0 Å². The monoisotopic (exact) mass is 246 g/mol. The molecule has 0 aliphatic carbocycles. The number of nitrogens with zero attached hydrogens (tertiary/aromatic N) is 1. The van der Waals surface area contributed by atoms with Gasteiger partial charge in [0.1, 0.15) is 0 Å². The molecule has 0 aliphatic rings. The highest BCUT2D eigenvalue weighted by molar-refractivity contribution is 7.71. The van der Waals surface area contributed by atoms with Crippen molar-refractivity contribution in [2.24, 2.45) is 0 Å². The summed E-state index contributed by atoms with van der Waals surface area (Å²) in [6, 6.07) is 8.29. The van der Waals surface area contributed by atoms with E-state index in [1.807, 2.05) is 12.1 Å². The zero-order valence-electron chi connectivity index (χ0n) is 9.86. The molecule has 1 aromatic heterocycles. The van der Waals surface area contributed by atoms with Crippen molar-refractivity contribution in [1.29, 1.82) is 0 Å². The lowest BCUT2D eigenvalue weighted by Crippen LogP contribution is -1.94. The average molecular weight is 246 g/mol. The van der Waals surface area contributed by atoms with Crippen LogP contribution in [0.25, 0.3) is 11.3 Å². The molecule has 0 fully saturated rings. The van der Waals surface area contributed by atoms with Crippen molar-refractivity contribution in [2.75, 3.05) is 7.11 Å². The van der Waals surface area contributed by atoms with Gasteiger partial charge in [0.25, 0.3) is 0 Å². The number of aryl methyl sites for hydroxylation is 1. The van der Waals surface area contributed by atoms with Gasteiger partial charge in [0.15, 0.2) is 10.4 Å². The molecule has 2 rings (SSSR count). The number of hydrogen-bond acceptors (Lipinski definition) is 3. The first-order valence-corrected chi connectivity index (χ1v) is 5.88. The number of H-pyrrole nitrogens is 1. The van der Waals surface area contributed by atoms with E-state index in [9.17, 15) is 0 Å². The van der Waals surface area contributed by atoms with E-state index in [-0.39, 0.29) is 0 Å². The van der Waals surface area contributed by atoms with Crippen LogP contribution in [0.15, 0.2) is 30.6 Å². The third kappa shape index (κ3) is 2.36. The highest BCUT2D eigenvalue weighted by atomic mass is 32.1. The maximum absolute atomic E-state index is 5.31. The fourth-order valence-electron chi connectivity index (χ4n) is 1.74. The van der Waals surface area contributed by atoms with Crippen molar-refractivity contribution in [2.45, 2.75) is 13.3 Å². The van der Waals surface area contributed by atoms with Crippen LogP contribution >= 0.6 is 12.2 Å². The van der Waals surface area contributed by atoms with Gasteiger partial charge in [-0.25, -0.2) is 4.98 Å². The van der Waals surface area contributed by atoms with Gasteiger partial charge < -0.3 is 9.72 Å². The quantitative estimate of drug-likeness (QED) is 0.844. The van der Waals surface area contributed by atoms with Gasteiger partial charge in [-0.3, -0.25) is 0 Å². The minimum absolute atomic E-state index is 0.475. The van der Waals surface area contributed by atoms with Gasteiger partial charge in [-0.2, -0.15) is 0 Å². The molecule has 4 heteroatoms. The van der Waals surface area contributed by atoms with Crippen molar-refractivity contribution in [1.82, 2.24) is 9.97 Å². The van der Waals surface area contributed by atoms with Gasteiger partial charge >= 0.3 is 0 Å². The number of ether oxygens (including phenoxy) is 1. The molecule has 0 saturated heterocycles. The maximum Gasteiger partial charge on any atom is 0.179 e. The number of hydrogen-bond donors (Lipinski definition) is 1. The Hall–Kier alpha value is -1.68. The zero-order chi connectivity index (χ0) is 12.3. The molecular weight excluding hydrogens is 232 g/mol. The summed E-state index contributed by atoms with van der Waals surface area (Å²) in [5.74, 6) is 0.621. The van der Waals surface area contributed by atoms with Gasteiger partial charge in [-0.1, -0.05) is 37.3 Å². The molecule has 1 N–H and O–H groups in total. The lowest BCUT2D eigenvalue weighted by Gasteiger charge is -2.08. The van der Waals surface area contributed by atoms with E-state index >= 15 is 0 Å². The van der Waals surface area contributed by atoms with Crippen molar-refractivity contribution in [3.8, 4) is 17.0 Å². The van der Waals surface area contributed by atoms with Crippen LogP contribution in [0.2, 0.25) is 0 Å². The first-order chi connectivity index (χ1) is 8.26. The van der Waals surface area contributed by atoms with Crippen LogP contribution < -0.4 is 4.74 Å². The Morgan fingerprint density at radius 2 is 2.24 bits per heavy atom. The molecule has 1 aromatic carbocycles. The molecule has 0 aliphatic heterocycles. The predicted octanol–water partition coefficient (Wildman–Crippen LogP) is 3.38. The van der Waals surface area contributed by atoms with Crippen LogP contribution in [0, 0.1) is 4.64 Å². The zero-order valence-corrected chi connectivity index (χ0v) is 10.7. The van der Waals surface area contributed by atoms with E-state index in [1.165, 1.54) is 5.56 Å². The number of benzene rings is 1. The SMILES string of the molecule is CCc1cccc(-c2[nH]cnc(=S)c2OC)c1. The fourth-order valence-corrected chi connectivity index (χ4v) is 1.98. The first kappa shape index (κ1) is 11.8. The second-order valence-electron chi connectivity index (χ2n) is 3.67. The Kier molecular flexibility index (Phi) is 3.54. The predicted molar refractivity (Wildman–Crippen MR) is 70.8 cm³/mol. The molecular formula is C13H14N2OS. The molecule has 0 unspecified atom stereocenters. The molecule has 3 nitrogen and oxygen atoms in total. The molecule has 88 valence electrons. The lowest BCUT2D eigenvalue weighted by atomic mass is 10.1. The summed E-state index contributed by atoms with van der Waals surface area (Å²) in [5, 5.41) is 0. The smallest absolute Gasteiger partial charge is 0.179 e. The topological polar surface area (TPSA) is 37.9 Å². The fraction of sp³-hybridized carbons (Fsp3) is 0.231. The van der Waals surface area contributed by atoms with E-state index in [0.717, 1.165) is 17.7 Å². The first-order valence-electron chi connectivity index (χ1n) is 5.47. The van der Waals surface area contributed by atoms with Crippen molar-refractivity contribution < 1.29 is 4.74 Å². The molecule has 1 heterocycles. The number of rotatable bonds is 3. The molecule has 0 bridgehead atoms. The van der Waals surface area contributed by atoms with Gasteiger partial charge in [-0.05, 0) is 18.1 Å². The summed E-state index contributed by atoms with van der Waals surface area (Å²) >= 11 is 5.14. The van der Waals surface area contributed by atoms with E-state index in [0.29, 0.717) is 10.4 Å². The largest absolute Gasteiger partial charge is 0.491 e. The Bertz CT molecular complexity index is 578. The van der Waals surface area contributed by atoms with Crippen molar-refractivity contribution in [3.05, 3.63) is 40.8 Å². The van der Waals surface area contributed by atoms with Crippen LogP contribution in [-0.2, 0) is 6.42 Å². The van der Waals surface area contributed by atoms with Crippen LogP contribution in [-0.4, -0.2) is 17.1 Å². The molecule has 0 spiro atoms. The van der Waals surface area contributed by atoms with E-state index in [1.54, 1.807) is 13.4 Å². The van der Waals surface area contributed by atoms with Gasteiger partial charge in [0.05, 0.1) is 19.1 Å². The number of aromatic nitrogens is 2.